The summed E-state index contributed by atoms with van der Waals surface area (Å²) in [5, 5.41) is 27.0. The number of aliphatic hydroxyl groups excluding tert-OH is 3. The number of rotatable bonds is 6. The van der Waals surface area contributed by atoms with E-state index in [4.69, 9.17) is 14.6 Å². The number of aryl methyl sites for hydroxylation is 1. The van der Waals surface area contributed by atoms with Gasteiger partial charge in [-0.15, -0.1) is 11.8 Å². The fourth-order valence-electron chi connectivity index (χ4n) is 3.62. The number of methoxy groups -OCH3 is 2. The minimum Gasteiger partial charge on any atom is -0.493 e. The van der Waals surface area contributed by atoms with E-state index in [9.17, 15) is 10.2 Å². The molecule has 2 aromatic rings. The van der Waals surface area contributed by atoms with Crippen LogP contribution < -0.4 is 9.47 Å². The molecule has 1 saturated heterocycles. The Hall–Kier alpha value is -1.73. The van der Waals surface area contributed by atoms with Crippen molar-refractivity contribution >= 4 is 11.8 Å². The van der Waals surface area contributed by atoms with Gasteiger partial charge < -0.3 is 24.8 Å². The molecule has 0 saturated carbocycles. The molecule has 0 radical (unpaired) electrons. The van der Waals surface area contributed by atoms with Crippen LogP contribution in [0.3, 0.4) is 0 Å². The summed E-state index contributed by atoms with van der Waals surface area (Å²) < 4.78 is 10.7. The zero-order valence-corrected chi connectivity index (χ0v) is 18.4. The minimum absolute atomic E-state index is 0.106. The molecule has 0 aromatic heterocycles. The van der Waals surface area contributed by atoms with E-state index < -0.39 is 0 Å². The SMILES string of the molecule is CO.COc1ccc(Cc2cc(C3C[C@@H](O)C[C@@H](CO)S3)ccc2C)cc1OC. The third-order valence-electron chi connectivity index (χ3n) is 5.17. The van der Waals surface area contributed by atoms with E-state index in [1.165, 1.54) is 16.7 Å². The maximum absolute atomic E-state index is 10.2. The molecule has 0 aliphatic carbocycles. The third-order valence-corrected chi connectivity index (χ3v) is 6.69. The Labute approximate surface area is 177 Å². The Morgan fingerprint density at radius 2 is 1.72 bits per heavy atom. The summed E-state index contributed by atoms with van der Waals surface area (Å²) in [6.07, 6.45) is 1.87. The zero-order valence-electron chi connectivity index (χ0n) is 17.6. The number of benzene rings is 2. The average molecular weight is 421 g/mol. The topological polar surface area (TPSA) is 79.2 Å². The van der Waals surface area contributed by atoms with Gasteiger partial charge in [0, 0.05) is 17.6 Å². The molecule has 3 atom stereocenters. The van der Waals surface area contributed by atoms with Crippen LogP contribution in [0.4, 0.5) is 0 Å². The number of aliphatic hydroxyl groups is 3. The van der Waals surface area contributed by atoms with E-state index in [2.05, 4.69) is 31.2 Å². The summed E-state index contributed by atoms with van der Waals surface area (Å²) in [5.41, 5.74) is 4.89. The van der Waals surface area contributed by atoms with E-state index in [-0.39, 0.29) is 23.2 Å². The Morgan fingerprint density at radius 1 is 1.00 bits per heavy atom. The van der Waals surface area contributed by atoms with Gasteiger partial charge in [0.05, 0.1) is 26.9 Å². The van der Waals surface area contributed by atoms with Crippen LogP contribution in [0.5, 0.6) is 11.5 Å². The van der Waals surface area contributed by atoms with Crippen molar-refractivity contribution < 1.29 is 24.8 Å². The summed E-state index contributed by atoms with van der Waals surface area (Å²) in [5.74, 6) is 1.47. The quantitative estimate of drug-likeness (QED) is 0.664. The number of ether oxygens (including phenoxy) is 2. The molecule has 1 fully saturated rings. The second kappa shape index (κ2) is 11.5. The highest BCUT2D eigenvalue weighted by Crippen LogP contribution is 2.43. The van der Waals surface area contributed by atoms with Gasteiger partial charge in [-0.2, -0.15) is 0 Å². The molecule has 3 N–H and O–H groups in total. The first kappa shape index (κ1) is 23.5. The van der Waals surface area contributed by atoms with Crippen molar-refractivity contribution in [3.8, 4) is 11.5 Å². The van der Waals surface area contributed by atoms with Crippen LogP contribution in [-0.4, -0.2) is 54.6 Å². The highest BCUT2D eigenvalue weighted by Gasteiger charge is 2.29. The standard InChI is InChI=1S/C22H28O4S.CH4O/c1-14-4-6-16(22-12-18(24)11-19(13-23)27-22)10-17(14)8-15-5-7-20(25-2)21(9-15)26-3;1-2/h4-7,9-10,18-19,22-24H,8,11-13H2,1-3H3;2H,1H3/t18-,19-,22?;/m0./s1. The lowest BCUT2D eigenvalue weighted by Crippen LogP contribution is -2.26. The second-order valence-electron chi connectivity index (χ2n) is 7.11. The molecule has 1 heterocycles. The van der Waals surface area contributed by atoms with Crippen LogP contribution >= 0.6 is 11.8 Å². The lowest BCUT2D eigenvalue weighted by molar-refractivity contribution is 0.137. The van der Waals surface area contributed by atoms with Crippen molar-refractivity contribution in [1.82, 2.24) is 0 Å². The summed E-state index contributed by atoms with van der Waals surface area (Å²) in [6, 6.07) is 12.6. The van der Waals surface area contributed by atoms with Gasteiger partial charge in [0.15, 0.2) is 11.5 Å². The normalized spacial score (nSPS) is 21.1. The summed E-state index contributed by atoms with van der Waals surface area (Å²) in [6.45, 7) is 2.24. The maximum atomic E-state index is 10.2. The molecule has 1 unspecified atom stereocenters. The van der Waals surface area contributed by atoms with Crippen molar-refractivity contribution in [2.75, 3.05) is 27.9 Å². The van der Waals surface area contributed by atoms with Gasteiger partial charge in [0.25, 0.3) is 0 Å². The molecule has 5 nitrogen and oxygen atoms in total. The van der Waals surface area contributed by atoms with Crippen molar-refractivity contribution in [1.29, 1.82) is 0 Å². The highest BCUT2D eigenvalue weighted by atomic mass is 32.2. The summed E-state index contributed by atoms with van der Waals surface area (Å²) in [7, 11) is 4.29. The summed E-state index contributed by atoms with van der Waals surface area (Å²) in [4.78, 5) is 0. The Morgan fingerprint density at radius 3 is 2.38 bits per heavy atom. The monoisotopic (exact) mass is 420 g/mol. The fourth-order valence-corrected chi connectivity index (χ4v) is 5.14. The van der Waals surface area contributed by atoms with E-state index in [1.807, 2.05) is 12.1 Å². The first-order valence-electron chi connectivity index (χ1n) is 9.73. The van der Waals surface area contributed by atoms with Crippen LogP contribution in [0.1, 0.15) is 40.3 Å². The smallest absolute Gasteiger partial charge is 0.160 e. The lowest BCUT2D eigenvalue weighted by Gasteiger charge is -2.31. The van der Waals surface area contributed by atoms with Crippen molar-refractivity contribution in [2.24, 2.45) is 0 Å². The van der Waals surface area contributed by atoms with Crippen molar-refractivity contribution in [3.05, 3.63) is 58.7 Å². The fraction of sp³-hybridized carbons (Fsp3) is 0.478. The summed E-state index contributed by atoms with van der Waals surface area (Å²) >= 11 is 1.77. The van der Waals surface area contributed by atoms with Gasteiger partial charge in [-0.25, -0.2) is 0 Å². The van der Waals surface area contributed by atoms with E-state index >= 15 is 0 Å². The molecule has 0 amide bonds. The molecule has 2 aromatic carbocycles. The first-order chi connectivity index (χ1) is 14.0. The van der Waals surface area contributed by atoms with Gasteiger partial charge in [0.2, 0.25) is 0 Å². The third kappa shape index (κ3) is 6.12. The average Bonchev–Trinajstić information content (AvgIpc) is 2.76. The van der Waals surface area contributed by atoms with Crippen molar-refractivity contribution in [3.63, 3.8) is 0 Å². The largest absolute Gasteiger partial charge is 0.493 e. The van der Waals surface area contributed by atoms with Gasteiger partial charge in [-0.3, -0.25) is 0 Å². The molecule has 29 heavy (non-hydrogen) atoms. The molecule has 0 spiro atoms. The van der Waals surface area contributed by atoms with Gasteiger partial charge >= 0.3 is 0 Å². The maximum Gasteiger partial charge on any atom is 0.160 e. The second-order valence-corrected chi connectivity index (χ2v) is 8.61. The molecule has 1 aliphatic rings. The van der Waals surface area contributed by atoms with Gasteiger partial charge in [-0.05, 0) is 60.6 Å². The molecule has 160 valence electrons. The molecule has 3 rings (SSSR count). The van der Waals surface area contributed by atoms with Crippen LogP contribution in [0.2, 0.25) is 0 Å². The van der Waals surface area contributed by atoms with Crippen molar-refractivity contribution in [2.45, 2.75) is 42.8 Å². The predicted octanol–water partition coefficient (Wildman–Crippen LogP) is 3.50. The lowest BCUT2D eigenvalue weighted by atomic mass is 9.95. The number of hydrogen-bond donors (Lipinski definition) is 3. The molecular formula is C23H32O5S. The van der Waals surface area contributed by atoms with Crippen LogP contribution in [0, 0.1) is 6.92 Å². The van der Waals surface area contributed by atoms with E-state index in [1.54, 1.807) is 26.0 Å². The Kier molecular flexibility index (Phi) is 9.30. The minimum atomic E-state index is -0.344. The van der Waals surface area contributed by atoms with E-state index in [0.717, 1.165) is 37.0 Å². The molecule has 0 bridgehead atoms. The Balaban J connectivity index is 0.00000145. The first-order valence-corrected chi connectivity index (χ1v) is 10.7. The number of hydrogen-bond acceptors (Lipinski definition) is 6. The van der Waals surface area contributed by atoms with Gasteiger partial charge in [0.1, 0.15) is 0 Å². The number of thioether (sulfide) groups is 1. The molecule has 6 heteroatoms. The Bertz CT molecular complexity index is 780. The highest BCUT2D eigenvalue weighted by molar-refractivity contribution is 8.00. The van der Waals surface area contributed by atoms with Crippen LogP contribution in [0.25, 0.3) is 0 Å². The molecular weight excluding hydrogens is 388 g/mol. The van der Waals surface area contributed by atoms with Gasteiger partial charge in [-0.1, -0.05) is 24.3 Å². The predicted molar refractivity (Wildman–Crippen MR) is 118 cm³/mol. The zero-order chi connectivity index (χ0) is 21.4. The van der Waals surface area contributed by atoms with Crippen LogP contribution in [0.15, 0.2) is 36.4 Å². The molecule has 1 aliphatic heterocycles. The van der Waals surface area contributed by atoms with E-state index in [0.29, 0.717) is 6.42 Å². The van der Waals surface area contributed by atoms with Crippen LogP contribution in [-0.2, 0) is 6.42 Å².